The van der Waals surface area contributed by atoms with Crippen molar-refractivity contribution in [2.75, 3.05) is 25.6 Å². The Labute approximate surface area is 194 Å². The largest absolute Gasteiger partial charge is 0.493 e. The zero-order valence-electron chi connectivity index (χ0n) is 17.6. The molecule has 166 valence electrons. The van der Waals surface area contributed by atoms with Gasteiger partial charge in [0.15, 0.2) is 11.5 Å². The molecule has 0 radical (unpaired) electrons. The molecule has 0 spiro atoms. The van der Waals surface area contributed by atoms with Crippen LogP contribution in [0.3, 0.4) is 0 Å². The number of rotatable bonds is 8. The highest BCUT2D eigenvalue weighted by molar-refractivity contribution is 9.10. The average molecular weight is 500 g/mol. The number of nitrogens with zero attached hydrogens (tertiary/aromatic N) is 1. The summed E-state index contributed by atoms with van der Waals surface area (Å²) in [5.74, 6) is -0.144. The van der Waals surface area contributed by atoms with E-state index in [1.165, 1.54) is 13.2 Å². The van der Waals surface area contributed by atoms with Gasteiger partial charge in [0.25, 0.3) is 5.91 Å². The Morgan fingerprint density at radius 1 is 1.28 bits per heavy atom. The maximum Gasteiger partial charge on any atom is 0.329 e. The number of hydrogen-bond donors (Lipinski definition) is 2. The number of amides is 4. The predicted molar refractivity (Wildman–Crippen MR) is 124 cm³/mol. The number of anilines is 1. The van der Waals surface area contributed by atoms with Crippen LogP contribution in [0.15, 0.2) is 59.2 Å². The number of methoxy groups -OCH3 is 1. The van der Waals surface area contributed by atoms with Crippen LogP contribution in [0.2, 0.25) is 0 Å². The number of benzene rings is 2. The molecule has 2 N–H and O–H groups in total. The summed E-state index contributed by atoms with van der Waals surface area (Å²) >= 11 is 3.42. The summed E-state index contributed by atoms with van der Waals surface area (Å²) < 4.78 is 11.6. The molecule has 0 aromatic heterocycles. The first-order valence-electron chi connectivity index (χ1n) is 9.64. The van der Waals surface area contributed by atoms with Crippen molar-refractivity contribution in [3.8, 4) is 11.5 Å². The first-order chi connectivity index (χ1) is 15.3. The smallest absolute Gasteiger partial charge is 0.329 e. The fourth-order valence-electron chi connectivity index (χ4n) is 3.05. The Kier molecular flexibility index (Phi) is 7.32. The summed E-state index contributed by atoms with van der Waals surface area (Å²) in [5.41, 5.74) is 2.21. The second kappa shape index (κ2) is 10.1. The minimum Gasteiger partial charge on any atom is -0.493 e. The summed E-state index contributed by atoms with van der Waals surface area (Å²) in [5, 5.41) is 5.19. The molecule has 1 aliphatic rings. The highest BCUT2D eigenvalue weighted by Gasteiger charge is 2.35. The van der Waals surface area contributed by atoms with Crippen molar-refractivity contribution >= 4 is 45.5 Å². The zero-order chi connectivity index (χ0) is 23.3. The summed E-state index contributed by atoms with van der Waals surface area (Å²) in [7, 11) is 1.50. The number of imide groups is 1. The number of halogens is 1. The molecule has 0 unspecified atom stereocenters. The third-order valence-electron chi connectivity index (χ3n) is 4.47. The van der Waals surface area contributed by atoms with E-state index in [1.807, 2.05) is 13.0 Å². The van der Waals surface area contributed by atoms with Crippen LogP contribution in [0.4, 0.5) is 10.5 Å². The van der Waals surface area contributed by atoms with E-state index in [0.29, 0.717) is 33.8 Å². The molecule has 0 aliphatic carbocycles. The molecular weight excluding hydrogens is 478 g/mol. The number of aryl methyl sites for hydroxylation is 1. The van der Waals surface area contributed by atoms with Crippen molar-refractivity contribution in [3.05, 3.63) is 70.3 Å². The van der Waals surface area contributed by atoms with Gasteiger partial charge in [0.05, 0.1) is 11.6 Å². The van der Waals surface area contributed by atoms with Gasteiger partial charge in [0.2, 0.25) is 5.91 Å². The standard InChI is InChI=1S/C23H22BrN3O5/c1-4-8-32-21-17(24)10-15(12-19(21)31-3)11-18-22(29)27(23(30)26-18)13-20(28)25-16-7-5-6-14(2)9-16/h4-7,9-12H,1,8,13H2,2-3H3,(H,25,28)(H,26,30)/b18-11+. The maximum atomic E-state index is 12.7. The Hall–Kier alpha value is -3.59. The van der Waals surface area contributed by atoms with Gasteiger partial charge in [-0.05, 0) is 64.3 Å². The fraction of sp³-hybridized carbons (Fsp3) is 0.174. The Balaban J connectivity index is 1.75. The van der Waals surface area contributed by atoms with Gasteiger partial charge in [0, 0.05) is 5.69 Å². The molecule has 1 heterocycles. The van der Waals surface area contributed by atoms with Crippen LogP contribution in [-0.4, -0.2) is 43.0 Å². The molecule has 2 aromatic carbocycles. The van der Waals surface area contributed by atoms with Gasteiger partial charge >= 0.3 is 6.03 Å². The predicted octanol–water partition coefficient (Wildman–Crippen LogP) is 3.86. The van der Waals surface area contributed by atoms with E-state index in [1.54, 1.807) is 36.4 Å². The zero-order valence-corrected chi connectivity index (χ0v) is 19.2. The molecule has 3 rings (SSSR count). The van der Waals surface area contributed by atoms with E-state index in [0.717, 1.165) is 10.5 Å². The van der Waals surface area contributed by atoms with E-state index in [2.05, 4.69) is 33.1 Å². The van der Waals surface area contributed by atoms with Crippen LogP contribution in [-0.2, 0) is 9.59 Å². The normalized spacial score (nSPS) is 14.3. The lowest BCUT2D eigenvalue weighted by molar-refractivity contribution is -0.127. The number of urea groups is 1. The molecule has 9 heteroatoms. The minimum absolute atomic E-state index is 0.0482. The number of ether oxygens (including phenoxy) is 2. The first-order valence-corrected chi connectivity index (χ1v) is 10.4. The quantitative estimate of drug-likeness (QED) is 0.326. The third kappa shape index (κ3) is 5.36. The van der Waals surface area contributed by atoms with Crippen molar-refractivity contribution in [1.29, 1.82) is 0 Å². The lowest BCUT2D eigenvalue weighted by Crippen LogP contribution is -2.38. The van der Waals surface area contributed by atoms with E-state index in [9.17, 15) is 14.4 Å². The van der Waals surface area contributed by atoms with E-state index in [4.69, 9.17) is 9.47 Å². The Morgan fingerprint density at radius 3 is 2.75 bits per heavy atom. The number of hydrogen-bond acceptors (Lipinski definition) is 5. The number of carbonyl (C=O) groups is 3. The second-order valence-electron chi connectivity index (χ2n) is 6.93. The summed E-state index contributed by atoms with van der Waals surface area (Å²) in [6.45, 7) is 5.40. The van der Waals surface area contributed by atoms with Crippen molar-refractivity contribution in [2.45, 2.75) is 6.92 Å². The molecule has 8 nitrogen and oxygen atoms in total. The molecule has 0 atom stereocenters. The molecule has 0 saturated carbocycles. The summed E-state index contributed by atoms with van der Waals surface area (Å²) in [6.07, 6.45) is 3.11. The molecule has 1 aliphatic heterocycles. The van der Waals surface area contributed by atoms with Crippen molar-refractivity contribution in [3.63, 3.8) is 0 Å². The maximum absolute atomic E-state index is 12.7. The number of carbonyl (C=O) groups excluding carboxylic acids is 3. The Bertz CT molecular complexity index is 1110. The molecule has 4 amide bonds. The van der Waals surface area contributed by atoms with Gasteiger partial charge in [0.1, 0.15) is 18.8 Å². The lowest BCUT2D eigenvalue weighted by Gasteiger charge is -2.13. The van der Waals surface area contributed by atoms with Crippen LogP contribution in [0.25, 0.3) is 6.08 Å². The first kappa shape index (κ1) is 23.1. The van der Waals surface area contributed by atoms with Gasteiger partial charge in [-0.1, -0.05) is 24.8 Å². The third-order valence-corrected chi connectivity index (χ3v) is 5.06. The van der Waals surface area contributed by atoms with E-state index < -0.39 is 24.4 Å². The molecule has 2 aromatic rings. The molecule has 32 heavy (non-hydrogen) atoms. The van der Waals surface area contributed by atoms with E-state index in [-0.39, 0.29) is 5.70 Å². The van der Waals surface area contributed by atoms with Crippen LogP contribution in [0, 0.1) is 6.92 Å². The van der Waals surface area contributed by atoms with Crippen LogP contribution >= 0.6 is 15.9 Å². The fourth-order valence-corrected chi connectivity index (χ4v) is 3.63. The number of nitrogens with one attached hydrogen (secondary N) is 2. The Morgan fingerprint density at radius 2 is 2.06 bits per heavy atom. The van der Waals surface area contributed by atoms with Crippen LogP contribution < -0.4 is 20.1 Å². The highest BCUT2D eigenvalue weighted by atomic mass is 79.9. The molecule has 0 bridgehead atoms. The van der Waals surface area contributed by atoms with Gasteiger partial charge in [-0.3, -0.25) is 9.59 Å². The monoisotopic (exact) mass is 499 g/mol. The van der Waals surface area contributed by atoms with Crippen molar-refractivity contribution in [1.82, 2.24) is 10.2 Å². The SMILES string of the molecule is C=CCOc1c(Br)cc(/C=C2/NC(=O)N(CC(=O)Nc3cccc(C)c3)C2=O)cc1OC. The highest BCUT2D eigenvalue weighted by Crippen LogP contribution is 2.37. The second-order valence-corrected chi connectivity index (χ2v) is 7.79. The van der Waals surface area contributed by atoms with E-state index >= 15 is 0 Å². The van der Waals surface area contributed by atoms with Gasteiger partial charge in [-0.2, -0.15) is 0 Å². The molecule has 1 fully saturated rings. The van der Waals surface area contributed by atoms with Gasteiger partial charge in [-0.25, -0.2) is 9.69 Å². The topological polar surface area (TPSA) is 97.0 Å². The van der Waals surface area contributed by atoms with Crippen LogP contribution in [0.1, 0.15) is 11.1 Å². The summed E-state index contributed by atoms with van der Waals surface area (Å²) in [4.78, 5) is 38.2. The van der Waals surface area contributed by atoms with Gasteiger partial charge in [-0.15, -0.1) is 0 Å². The van der Waals surface area contributed by atoms with Crippen molar-refractivity contribution in [2.24, 2.45) is 0 Å². The van der Waals surface area contributed by atoms with Gasteiger partial charge < -0.3 is 20.1 Å². The minimum atomic E-state index is -0.669. The molecular formula is C23H22BrN3O5. The molecule has 1 saturated heterocycles. The van der Waals surface area contributed by atoms with Crippen molar-refractivity contribution < 1.29 is 23.9 Å². The summed E-state index contributed by atoms with van der Waals surface area (Å²) in [6, 6.07) is 9.95. The average Bonchev–Trinajstić information content (AvgIpc) is 3.00. The lowest BCUT2D eigenvalue weighted by atomic mass is 10.1. The van der Waals surface area contributed by atoms with Crippen LogP contribution in [0.5, 0.6) is 11.5 Å².